The summed E-state index contributed by atoms with van der Waals surface area (Å²) in [5.74, 6) is -0.730. The molecule has 0 fully saturated rings. The molecule has 0 saturated heterocycles. The van der Waals surface area contributed by atoms with Gasteiger partial charge in [0.05, 0.1) is 24.6 Å². The Labute approximate surface area is 108 Å². The standard InChI is InChI=1S/C11H14BrNO4/c1-16-9-4-6(7(5-13)11(14)15)3-8(12)10(9)17-2/h3-4,7H,5,13H2,1-2H3,(H,14,15). The fraction of sp³-hybridized carbons (Fsp3) is 0.364. The van der Waals surface area contributed by atoms with E-state index in [1.807, 2.05) is 0 Å². The maximum atomic E-state index is 11.0. The highest BCUT2D eigenvalue weighted by Crippen LogP contribution is 2.38. The number of carboxylic acid groups (broad SMARTS) is 1. The van der Waals surface area contributed by atoms with Crippen LogP contribution in [-0.4, -0.2) is 31.8 Å². The maximum absolute atomic E-state index is 11.0. The minimum absolute atomic E-state index is 0.0251. The Kier molecular flexibility index (Phi) is 4.77. The van der Waals surface area contributed by atoms with Gasteiger partial charge < -0.3 is 20.3 Å². The van der Waals surface area contributed by atoms with Crippen LogP contribution in [0, 0.1) is 0 Å². The van der Waals surface area contributed by atoms with Crippen LogP contribution >= 0.6 is 15.9 Å². The smallest absolute Gasteiger partial charge is 0.312 e. The Morgan fingerprint density at radius 1 is 1.47 bits per heavy atom. The van der Waals surface area contributed by atoms with Gasteiger partial charge in [-0.1, -0.05) is 0 Å². The molecule has 1 atom stereocenters. The summed E-state index contributed by atoms with van der Waals surface area (Å²) in [6, 6.07) is 3.29. The summed E-state index contributed by atoms with van der Waals surface area (Å²) in [6.45, 7) is 0.0251. The molecule has 1 rings (SSSR count). The molecular formula is C11H14BrNO4. The number of carbonyl (C=O) groups is 1. The van der Waals surface area contributed by atoms with Gasteiger partial charge in [0.2, 0.25) is 0 Å². The van der Waals surface area contributed by atoms with Crippen molar-refractivity contribution in [2.75, 3.05) is 20.8 Å². The number of nitrogens with two attached hydrogens (primary N) is 1. The molecule has 0 aromatic heterocycles. The molecule has 0 radical (unpaired) electrons. The molecule has 0 spiro atoms. The summed E-state index contributed by atoms with van der Waals surface area (Å²) in [4.78, 5) is 11.0. The van der Waals surface area contributed by atoms with Crippen molar-refractivity contribution < 1.29 is 19.4 Å². The molecular weight excluding hydrogens is 290 g/mol. The summed E-state index contributed by atoms with van der Waals surface area (Å²) in [6.07, 6.45) is 0. The lowest BCUT2D eigenvalue weighted by Crippen LogP contribution is -2.21. The highest BCUT2D eigenvalue weighted by Gasteiger charge is 2.21. The van der Waals surface area contributed by atoms with Gasteiger partial charge in [0.15, 0.2) is 11.5 Å². The molecule has 1 unspecified atom stereocenters. The fourth-order valence-corrected chi connectivity index (χ4v) is 2.14. The third kappa shape index (κ3) is 2.89. The third-order valence-electron chi connectivity index (χ3n) is 2.39. The van der Waals surface area contributed by atoms with E-state index in [0.29, 0.717) is 21.5 Å². The van der Waals surface area contributed by atoms with E-state index < -0.39 is 11.9 Å². The molecule has 0 heterocycles. The predicted molar refractivity (Wildman–Crippen MR) is 66.7 cm³/mol. The molecule has 0 aliphatic carbocycles. The molecule has 6 heteroatoms. The van der Waals surface area contributed by atoms with Crippen molar-refractivity contribution >= 4 is 21.9 Å². The van der Waals surface area contributed by atoms with E-state index in [-0.39, 0.29) is 6.54 Å². The molecule has 0 aliphatic rings. The van der Waals surface area contributed by atoms with E-state index in [1.54, 1.807) is 12.1 Å². The van der Waals surface area contributed by atoms with Crippen molar-refractivity contribution in [2.45, 2.75) is 5.92 Å². The number of ether oxygens (including phenoxy) is 2. The van der Waals surface area contributed by atoms with Crippen LogP contribution < -0.4 is 15.2 Å². The average Bonchev–Trinajstić information content (AvgIpc) is 2.28. The Morgan fingerprint density at radius 2 is 2.12 bits per heavy atom. The molecule has 0 aliphatic heterocycles. The van der Waals surface area contributed by atoms with Crippen molar-refractivity contribution in [1.29, 1.82) is 0 Å². The zero-order valence-corrected chi connectivity index (χ0v) is 11.2. The first-order valence-corrected chi connectivity index (χ1v) is 5.68. The summed E-state index contributed by atoms with van der Waals surface area (Å²) in [5, 5.41) is 9.04. The summed E-state index contributed by atoms with van der Waals surface area (Å²) < 4.78 is 10.9. The van der Waals surface area contributed by atoms with Gasteiger partial charge in [0, 0.05) is 6.54 Å². The van der Waals surface area contributed by atoms with Gasteiger partial charge in [-0.3, -0.25) is 4.79 Å². The molecule has 0 bridgehead atoms. The number of methoxy groups -OCH3 is 2. The van der Waals surface area contributed by atoms with E-state index in [2.05, 4.69) is 15.9 Å². The fourth-order valence-electron chi connectivity index (χ4n) is 1.52. The lowest BCUT2D eigenvalue weighted by atomic mass is 9.99. The van der Waals surface area contributed by atoms with Crippen LogP contribution in [0.4, 0.5) is 0 Å². The quantitative estimate of drug-likeness (QED) is 0.863. The van der Waals surface area contributed by atoms with Crippen LogP contribution in [0.25, 0.3) is 0 Å². The zero-order valence-electron chi connectivity index (χ0n) is 9.57. The number of hydrogen-bond acceptors (Lipinski definition) is 4. The molecule has 1 aromatic rings. The second kappa shape index (κ2) is 5.88. The Morgan fingerprint density at radius 3 is 2.53 bits per heavy atom. The van der Waals surface area contributed by atoms with Gasteiger partial charge in [-0.2, -0.15) is 0 Å². The normalized spacial score (nSPS) is 12.0. The zero-order chi connectivity index (χ0) is 13.0. The summed E-state index contributed by atoms with van der Waals surface area (Å²) >= 11 is 3.31. The van der Waals surface area contributed by atoms with Crippen molar-refractivity contribution in [2.24, 2.45) is 5.73 Å². The summed E-state index contributed by atoms with van der Waals surface area (Å²) in [7, 11) is 3.01. The van der Waals surface area contributed by atoms with Crippen molar-refractivity contribution in [1.82, 2.24) is 0 Å². The number of aliphatic carboxylic acids is 1. The highest BCUT2D eigenvalue weighted by molar-refractivity contribution is 9.10. The maximum Gasteiger partial charge on any atom is 0.312 e. The van der Waals surface area contributed by atoms with Gasteiger partial charge in [-0.05, 0) is 33.6 Å². The van der Waals surface area contributed by atoms with Crippen LogP contribution in [-0.2, 0) is 4.79 Å². The van der Waals surface area contributed by atoms with Gasteiger partial charge in [-0.15, -0.1) is 0 Å². The van der Waals surface area contributed by atoms with Gasteiger partial charge >= 0.3 is 5.97 Å². The number of hydrogen-bond donors (Lipinski definition) is 2. The summed E-state index contributed by atoms with van der Waals surface area (Å²) in [5.41, 5.74) is 6.02. The molecule has 3 N–H and O–H groups in total. The largest absolute Gasteiger partial charge is 0.493 e. The molecule has 0 amide bonds. The van der Waals surface area contributed by atoms with Gasteiger partial charge in [0.1, 0.15) is 0 Å². The first-order chi connectivity index (χ1) is 8.04. The van der Waals surface area contributed by atoms with Gasteiger partial charge in [-0.25, -0.2) is 0 Å². The first-order valence-electron chi connectivity index (χ1n) is 4.89. The predicted octanol–water partition coefficient (Wildman–Crippen LogP) is 1.59. The van der Waals surface area contributed by atoms with Crippen molar-refractivity contribution in [3.8, 4) is 11.5 Å². The SMILES string of the molecule is COc1cc(C(CN)C(=O)O)cc(Br)c1OC. The van der Waals surface area contributed by atoms with E-state index in [9.17, 15) is 4.79 Å². The van der Waals surface area contributed by atoms with E-state index >= 15 is 0 Å². The van der Waals surface area contributed by atoms with E-state index in [1.165, 1.54) is 14.2 Å². The van der Waals surface area contributed by atoms with Crippen LogP contribution in [0.15, 0.2) is 16.6 Å². The number of rotatable bonds is 5. The van der Waals surface area contributed by atoms with Crippen LogP contribution in [0.3, 0.4) is 0 Å². The Bertz CT molecular complexity index is 422. The molecule has 1 aromatic carbocycles. The van der Waals surface area contributed by atoms with Gasteiger partial charge in [0.25, 0.3) is 0 Å². The minimum atomic E-state index is -0.966. The topological polar surface area (TPSA) is 81.8 Å². The van der Waals surface area contributed by atoms with Crippen molar-refractivity contribution in [3.05, 3.63) is 22.2 Å². The van der Waals surface area contributed by atoms with Crippen LogP contribution in [0.5, 0.6) is 11.5 Å². The van der Waals surface area contributed by atoms with Crippen LogP contribution in [0.2, 0.25) is 0 Å². The third-order valence-corrected chi connectivity index (χ3v) is 2.98. The minimum Gasteiger partial charge on any atom is -0.493 e. The van der Waals surface area contributed by atoms with E-state index in [4.69, 9.17) is 20.3 Å². The molecule has 0 saturated carbocycles. The second-order valence-corrected chi connectivity index (χ2v) is 4.22. The van der Waals surface area contributed by atoms with E-state index in [0.717, 1.165) is 0 Å². The average molecular weight is 304 g/mol. The van der Waals surface area contributed by atoms with Crippen LogP contribution in [0.1, 0.15) is 11.5 Å². The number of benzene rings is 1. The highest BCUT2D eigenvalue weighted by atomic mass is 79.9. The lowest BCUT2D eigenvalue weighted by Gasteiger charge is -2.15. The lowest BCUT2D eigenvalue weighted by molar-refractivity contribution is -0.138. The molecule has 17 heavy (non-hydrogen) atoms. The Hall–Kier alpha value is -1.27. The monoisotopic (exact) mass is 303 g/mol. The molecule has 94 valence electrons. The second-order valence-electron chi connectivity index (χ2n) is 3.36. The molecule has 5 nitrogen and oxygen atoms in total. The Balaban J connectivity index is 3.27. The van der Waals surface area contributed by atoms with Crippen molar-refractivity contribution in [3.63, 3.8) is 0 Å². The number of halogens is 1. The first kappa shape index (κ1) is 13.8. The number of carboxylic acids is 1.